The van der Waals surface area contributed by atoms with Crippen LogP contribution in [0.5, 0.6) is 0 Å². The maximum Gasteiger partial charge on any atom is 0.137 e. The lowest BCUT2D eigenvalue weighted by atomic mass is 9.95. The predicted octanol–water partition coefficient (Wildman–Crippen LogP) is 3.82. The Labute approximate surface area is 103 Å². The van der Waals surface area contributed by atoms with Crippen molar-refractivity contribution in [2.45, 2.75) is 69.7 Å². The van der Waals surface area contributed by atoms with Crippen molar-refractivity contribution in [2.75, 3.05) is 0 Å². The molecule has 1 aliphatic heterocycles. The van der Waals surface area contributed by atoms with Gasteiger partial charge in [-0.15, -0.1) is 0 Å². The van der Waals surface area contributed by atoms with E-state index >= 15 is 0 Å². The first-order valence-corrected chi connectivity index (χ1v) is 7.48. The van der Waals surface area contributed by atoms with Crippen LogP contribution in [0.25, 0.3) is 0 Å². The minimum absolute atomic E-state index is 0.583. The Morgan fingerprint density at radius 1 is 1.20 bits per heavy atom. The van der Waals surface area contributed by atoms with Crippen LogP contribution in [0.4, 0.5) is 0 Å². The molecule has 0 N–H and O–H groups in total. The summed E-state index contributed by atoms with van der Waals surface area (Å²) >= 11 is 7.47. The third kappa shape index (κ3) is 2.50. The Morgan fingerprint density at radius 2 is 1.87 bits per heavy atom. The van der Waals surface area contributed by atoms with E-state index in [1.807, 2.05) is 11.8 Å². The Hall–Kier alpha value is 0.240. The molecule has 1 saturated heterocycles. The van der Waals surface area contributed by atoms with Crippen LogP contribution in [-0.2, 0) is 0 Å². The van der Waals surface area contributed by atoms with Crippen LogP contribution >= 0.6 is 24.0 Å². The second-order valence-electron chi connectivity index (χ2n) is 4.98. The highest BCUT2D eigenvalue weighted by Gasteiger charge is 2.38. The molecule has 1 aliphatic carbocycles. The molecule has 2 rings (SSSR count). The van der Waals surface area contributed by atoms with Gasteiger partial charge >= 0.3 is 0 Å². The van der Waals surface area contributed by atoms with Crippen LogP contribution < -0.4 is 0 Å². The van der Waals surface area contributed by atoms with Crippen molar-refractivity contribution in [3.63, 3.8) is 0 Å². The first-order valence-electron chi connectivity index (χ1n) is 6.19. The van der Waals surface area contributed by atoms with Crippen LogP contribution in [-0.4, -0.2) is 26.6 Å². The normalized spacial score (nSPS) is 32.7. The molecule has 15 heavy (non-hydrogen) atoms. The number of thiocarbonyl (C=S) groups is 1. The Morgan fingerprint density at radius 3 is 2.53 bits per heavy atom. The molecule has 2 aliphatic rings. The smallest absolute Gasteiger partial charge is 0.137 e. The van der Waals surface area contributed by atoms with Crippen molar-refractivity contribution in [1.29, 1.82) is 0 Å². The van der Waals surface area contributed by atoms with E-state index in [1.165, 1.54) is 38.5 Å². The van der Waals surface area contributed by atoms with E-state index in [1.54, 1.807) is 0 Å². The van der Waals surface area contributed by atoms with Gasteiger partial charge in [-0.05, 0) is 26.7 Å². The van der Waals surface area contributed by atoms with E-state index in [0.29, 0.717) is 6.04 Å². The number of hydrogen-bond donors (Lipinski definition) is 0. The van der Waals surface area contributed by atoms with Gasteiger partial charge in [-0.2, -0.15) is 0 Å². The lowest BCUT2D eigenvalue weighted by molar-refractivity contribution is 0.243. The highest BCUT2D eigenvalue weighted by molar-refractivity contribution is 8.23. The largest absolute Gasteiger partial charge is 0.351 e. The van der Waals surface area contributed by atoms with Crippen molar-refractivity contribution >= 4 is 28.3 Å². The fraction of sp³-hybridized carbons (Fsp3) is 0.917. The molecule has 0 amide bonds. The monoisotopic (exact) mass is 243 g/mol. The number of hydrogen-bond acceptors (Lipinski definition) is 2. The standard InChI is InChI=1S/C12H21NS2/c1-9(2)13-10-7-5-3-4-6-8-11(10)15-12(13)14/h9-11H,3-8H2,1-2H3. The van der Waals surface area contributed by atoms with Crippen LogP contribution in [0.2, 0.25) is 0 Å². The Bertz CT molecular complexity index is 240. The average Bonchev–Trinajstić information content (AvgIpc) is 2.42. The molecule has 0 radical (unpaired) electrons. The quantitative estimate of drug-likeness (QED) is 0.645. The molecular formula is C12H21NS2. The fourth-order valence-electron chi connectivity index (χ4n) is 2.81. The SMILES string of the molecule is CC(C)N1C(=S)SC2CCCCCCC21. The zero-order valence-electron chi connectivity index (χ0n) is 9.74. The van der Waals surface area contributed by atoms with Crippen LogP contribution in [0.15, 0.2) is 0 Å². The number of fused-ring (bicyclic) bond motifs is 1. The van der Waals surface area contributed by atoms with Gasteiger partial charge in [0.25, 0.3) is 0 Å². The molecule has 1 heterocycles. The Balaban J connectivity index is 2.10. The molecule has 2 unspecified atom stereocenters. The summed E-state index contributed by atoms with van der Waals surface area (Å²) in [6.07, 6.45) is 8.38. The zero-order valence-corrected chi connectivity index (χ0v) is 11.4. The Kier molecular flexibility index (Phi) is 3.94. The molecule has 1 saturated carbocycles. The summed E-state index contributed by atoms with van der Waals surface area (Å²) in [4.78, 5) is 2.50. The summed E-state index contributed by atoms with van der Waals surface area (Å²) in [5.41, 5.74) is 0. The van der Waals surface area contributed by atoms with Gasteiger partial charge in [0.1, 0.15) is 4.32 Å². The first-order chi connectivity index (χ1) is 7.20. The van der Waals surface area contributed by atoms with E-state index in [0.717, 1.165) is 15.6 Å². The molecule has 0 bridgehead atoms. The zero-order chi connectivity index (χ0) is 10.8. The van der Waals surface area contributed by atoms with E-state index in [-0.39, 0.29) is 0 Å². The summed E-state index contributed by atoms with van der Waals surface area (Å²) in [5.74, 6) is 0. The second-order valence-corrected chi connectivity index (χ2v) is 6.86. The topological polar surface area (TPSA) is 3.24 Å². The molecule has 2 fully saturated rings. The predicted molar refractivity (Wildman–Crippen MR) is 72.4 cm³/mol. The van der Waals surface area contributed by atoms with Gasteiger partial charge in [0.05, 0.1) is 0 Å². The first kappa shape index (κ1) is 11.7. The summed E-state index contributed by atoms with van der Waals surface area (Å²) in [5, 5.41) is 0.792. The highest BCUT2D eigenvalue weighted by atomic mass is 32.2. The van der Waals surface area contributed by atoms with E-state index in [2.05, 4.69) is 18.7 Å². The molecule has 86 valence electrons. The van der Waals surface area contributed by atoms with Crippen LogP contribution in [0, 0.1) is 0 Å². The number of nitrogens with zero attached hydrogens (tertiary/aromatic N) is 1. The van der Waals surface area contributed by atoms with Crippen molar-refractivity contribution < 1.29 is 0 Å². The van der Waals surface area contributed by atoms with Gasteiger partial charge in [-0.3, -0.25) is 0 Å². The van der Waals surface area contributed by atoms with Gasteiger partial charge in [0.2, 0.25) is 0 Å². The molecule has 0 aromatic heterocycles. The lowest BCUT2D eigenvalue weighted by Gasteiger charge is -2.32. The second kappa shape index (κ2) is 5.05. The van der Waals surface area contributed by atoms with Gasteiger partial charge in [0, 0.05) is 17.3 Å². The van der Waals surface area contributed by atoms with E-state index < -0.39 is 0 Å². The molecule has 0 spiro atoms. The summed E-state index contributed by atoms with van der Waals surface area (Å²) in [6, 6.07) is 1.32. The molecule has 0 aromatic rings. The van der Waals surface area contributed by atoms with E-state index in [9.17, 15) is 0 Å². The number of rotatable bonds is 1. The van der Waals surface area contributed by atoms with Crippen LogP contribution in [0.1, 0.15) is 52.4 Å². The van der Waals surface area contributed by atoms with Crippen molar-refractivity contribution in [3.8, 4) is 0 Å². The maximum atomic E-state index is 5.51. The van der Waals surface area contributed by atoms with Gasteiger partial charge in [-0.1, -0.05) is 49.7 Å². The van der Waals surface area contributed by atoms with Crippen LogP contribution in [0.3, 0.4) is 0 Å². The fourth-order valence-corrected chi connectivity index (χ4v) is 4.96. The summed E-state index contributed by atoms with van der Waals surface area (Å²) in [6.45, 7) is 4.54. The maximum absolute atomic E-state index is 5.51. The highest BCUT2D eigenvalue weighted by Crippen LogP contribution is 2.39. The molecular weight excluding hydrogens is 222 g/mol. The third-order valence-corrected chi connectivity index (χ3v) is 5.31. The minimum atomic E-state index is 0.583. The van der Waals surface area contributed by atoms with Gasteiger partial charge < -0.3 is 4.90 Å². The average molecular weight is 243 g/mol. The van der Waals surface area contributed by atoms with Crippen molar-refractivity contribution in [2.24, 2.45) is 0 Å². The molecule has 0 aromatic carbocycles. The van der Waals surface area contributed by atoms with Crippen molar-refractivity contribution in [3.05, 3.63) is 0 Å². The minimum Gasteiger partial charge on any atom is -0.351 e. The summed E-state index contributed by atoms with van der Waals surface area (Å²) < 4.78 is 1.15. The lowest BCUT2D eigenvalue weighted by Crippen LogP contribution is -2.41. The molecule has 3 heteroatoms. The van der Waals surface area contributed by atoms with Gasteiger partial charge in [-0.25, -0.2) is 0 Å². The summed E-state index contributed by atoms with van der Waals surface area (Å²) in [7, 11) is 0. The van der Waals surface area contributed by atoms with E-state index in [4.69, 9.17) is 12.2 Å². The third-order valence-electron chi connectivity index (χ3n) is 3.54. The molecule has 1 nitrogen and oxygen atoms in total. The van der Waals surface area contributed by atoms with Crippen molar-refractivity contribution in [1.82, 2.24) is 4.90 Å². The van der Waals surface area contributed by atoms with Gasteiger partial charge in [0.15, 0.2) is 0 Å². The number of thioether (sulfide) groups is 1. The molecule has 2 atom stereocenters.